The quantitative estimate of drug-likeness (QED) is 0.208. The number of hydrogen-bond donors (Lipinski definition) is 1. The molecule has 236 valence electrons. The van der Waals surface area contributed by atoms with Crippen molar-refractivity contribution in [2.45, 2.75) is 134 Å². The summed E-state index contributed by atoms with van der Waals surface area (Å²) < 4.78 is 0. The molecule has 0 saturated heterocycles. The fourth-order valence-electron chi connectivity index (χ4n) is 4.45. The van der Waals surface area contributed by atoms with E-state index in [0.29, 0.717) is 32.2 Å². The number of aliphatic imine (C=N–C) groups is 1. The number of carbonyl (C=O) groups excluding carboxylic acids is 3. The number of ketones is 2. The van der Waals surface area contributed by atoms with E-state index in [-0.39, 0.29) is 35.7 Å². The minimum atomic E-state index is -1.04. The summed E-state index contributed by atoms with van der Waals surface area (Å²) in [6.45, 7) is 22.1. The van der Waals surface area contributed by atoms with Gasteiger partial charge in [0.1, 0.15) is 11.6 Å². The molecule has 3 atom stereocenters. The lowest BCUT2D eigenvalue weighted by Crippen LogP contribution is -2.43. The van der Waals surface area contributed by atoms with Crippen LogP contribution in [0.15, 0.2) is 40.6 Å². The highest BCUT2D eigenvalue weighted by molar-refractivity contribution is 5.89. The molecule has 1 unspecified atom stereocenters. The standard InChI is InChI=1S/C21H35NO4.C11H19N.C3H8/c1-14-8-7-11-22(6)19(25)13-18(24)21(4,5)20(26)16(3)12-15(2)17(23)10-9-14;1-5-8-10(4)12-11(7-3)9-6-2;1-3-2/h8,15-16,18,24H,7,9-13H2,1-6H3;6-7,9H,5,8H2,1-4H3;3H2,1-2H3/b14-8-;9-6-,11-7-,12-10?;/t15-,16?,18+;;/m1../s1. The lowest BCUT2D eigenvalue weighted by Gasteiger charge is -2.33. The van der Waals surface area contributed by atoms with E-state index in [1.165, 1.54) is 18.6 Å². The summed E-state index contributed by atoms with van der Waals surface area (Å²) in [5.74, 6) is -0.600. The number of amides is 1. The molecule has 0 radical (unpaired) electrons. The van der Waals surface area contributed by atoms with Crippen molar-refractivity contribution in [1.29, 1.82) is 0 Å². The lowest BCUT2D eigenvalue weighted by molar-refractivity contribution is -0.141. The average molecular weight is 575 g/mol. The van der Waals surface area contributed by atoms with Gasteiger partial charge in [-0.1, -0.05) is 85.1 Å². The smallest absolute Gasteiger partial charge is 0.224 e. The van der Waals surface area contributed by atoms with Gasteiger partial charge in [-0.2, -0.15) is 0 Å². The Bertz CT molecular complexity index is 911. The third-order valence-corrected chi connectivity index (χ3v) is 7.25. The van der Waals surface area contributed by atoms with Gasteiger partial charge in [0, 0.05) is 37.6 Å². The van der Waals surface area contributed by atoms with Crippen LogP contribution in [-0.2, 0) is 14.4 Å². The van der Waals surface area contributed by atoms with Crippen LogP contribution in [0.1, 0.15) is 128 Å². The largest absolute Gasteiger partial charge is 0.392 e. The van der Waals surface area contributed by atoms with Crippen molar-refractivity contribution in [3.63, 3.8) is 0 Å². The fourth-order valence-corrected chi connectivity index (χ4v) is 4.45. The minimum absolute atomic E-state index is 0.0703. The van der Waals surface area contributed by atoms with Crippen molar-refractivity contribution in [3.05, 3.63) is 35.6 Å². The van der Waals surface area contributed by atoms with Gasteiger partial charge in [-0.25, -0.2) is 0 Å². The van der Waals surface area contributed by atoms with Crippen LogP contribution in [0.5, 0.6) is 0 Å². The first-order valence-electron chi connectivity index (χ1n) is 15.6. The highest BCUT2D eigenvalue weighted by atomic mass is 16.3. The molecule has 0 aromatic carbocycles. The summed E-state index contributed by atoms with van der Waals surface area (Å²) in [6.07, 6.45) is 12.9. The van der Waals surface area contributed by atoms with E-state index >= 15 is 0 Å². The summed E-state index contributed by atoms with van der Waals surface area (Å²) in [6, 6.07) is 0. The Labute approximate surface area is 252 Å². The van der Waals surface area contributed by atoms with E-state index in [1.807, 2.05) is 52.8 Å². The Hall–Kier alpha value is -2.34. The highest BCUT2D eigenvalue weighted by Crippen LogP contribution is 2.31. The van der Waals surface area contributed by atoms with Crippen molar-refractivity contribution < 1.29 is 19.5 Å². The molecule has 1 heterocycles. The Balaban J connectivity index is 0. The van der Waals surface area contributed by atoms with Gasteiger partial charge in [0.2, 0.25) is 5.91 Å². The van der Waals surface area contributed by atoms with Crippen LogP contribution < -0.4 is 0 Å². The Morgan fingerprint density at radius 3 is 2.20 bits per heavy atom. The van der Waals surface area contributed by atoms with Crippen LogP contribution in [0.4, 0.5) is 0 Å². The van der Waals surface area contributed by atoms with Gasteiger partial charge in [-0.3, -0.25) is 19.4 Å². The van der Waals surface area contributed by atoms with Gasteiger partial charge in [-0.15, -0.1) is 0 Å². The molecule has 0 saturated carbocycles. The van der Waals surface area contributed by atoms with Gasteiger partial charge in [0.15, 0.2) is 0 Å². The van der Waals surface area contributed by atoms with Crippen LogP contribution in [-0.4, -0.2) is 52.9 Å². The zero-order valence-corrected chi connectivity index (χ0v) is 28.5. The van der Waals surface area contributed by atoms with Crippen LogP contribution >= 0.6 is 0 Å². The number of allylic oxidation sites excluding steroid dienone is 4. The van der Waals surface area contributed by atoms with Crippen LogP contribution in [0, 0.1) is 17.3 Å². The number of nitrogens with zero attached hydrogens (tertiary/aromatic N) is 2. The van der Waals surface area contributed by atoms with E-state index in [4.69, 9.17) is 0 Å². The molecular weight excluding hydrogens is 512 g/mol. The maximum absolute atomic E-state index is 12.9. The third kappa shape index (κ3) is 17.3. The molecule has 0 bridgehead atoms. The second-order valence-electron chi connectivity index (χ2n) is 12.0. The van der Waals surface area contributed by atoms with Crippen molar-refractivity contribution in [1.82, 2.24) is 4.90 Å². The average Bonchev–Trinajstić information content (AvgIpc) is 2.91. The third-order valence-electron chi connectivity index (χ3n) is 7.25. The maximum Gasteiger partial charge on any atom is 0.224 e. The Morgan fingerprint density at radius 2 is 1.68 bits per heavy atom. The molecule has 0 fully saturated rings. The second kappa shape index (κ2) is 22.3. The SMILES string of the molecule is C/C1=C/CCN(C)C(=O)C[C@H](O)C(C)(C)C(=O)C(C)C[C@@H](C)C(=O)CC1.C/C=C\C(=C\C)N=C(C)CCC.CCC. The second-order valence-corrected chi connectivity index (χ2v) is 12.0. The molecule has 1 aliphatic heterocycles. The van der Waals surface area contributed by atoms with Gasteiger partial charge in [0.05, 0.1) is 23.6 Å². The van der Waals surface area contributed by atoms with Crippen LogP contribution in [0.3, 0.4) is 0 Å². The molecule has 6 heteroatoms. The van der Waals surface area contributed by atoms with Crippen LogP contribution in [0.2, 0.25) is 0 Å². The topological polar surface area (TPSA) is 87.0 Å². The van der Waals surface area contributed by atoms with E-state index in [2.05, 4.69) is 38.8 Å². The van der Waals surface area contributed by atoms with Gasteiger partial charge in [0.25, 0.3) is 0 Å². The number of hydrogen-bond acceptors (Lipinski definition) is 5. The monoisotopic (exact) mass is 574 g/mol. The number of aliphatic hydroxyl groups is 1. The van der Waals surface area contributed by atoms with Gasteiger partial charge >= 0.3 is 0 Å². The van der Waals surface area contributed by atoms with Crippen molar-refractivity contribution >= 4 is 23.2 Å². The van der Waals surface area contributed by atoms with E-state index in [9.17, 15) is 19.5 Å². The summed E-state index contributed by atoms with van der Waals surface area (Å²) in [5.41, 5.74) is 2.39. The molecule has 1 aliphatic rings. The van der Waals surface area contributed by atoms with Crippen molar-refractivity contribution in [2.75, 3.05) is 13.6 Å². The molecule has 0 aromatic rings. The predicted molar refractivity (Wildman–Crippen MR) is 175 cm³/mol. The molecule has 1 amide bonds. The molecule has 1 rings (SSSR count). The number of Topliss-reactive ketones (excluding diaryl/α,β-unsaturated/α-hetero) is 2. The first-order valence-corrected chi connectivity index (χ1v) is 15.6. The summed E-state index contributed by atoms with van der Waals surface area (Å²) in [7, 11) is 1.71. The number of aliphatic hydroxyl groups excluding tert-OH is 1. The van der Waals surface area contributed by atoms with Crippen molar-refractivity contribution in [2.24, 2.45) is 22.2 Å². The van der Waals surface area contributed by atoms with E-state index < -0.39 is 11.5 Å². The number of carbonyl (C=O) groups is 3. The van der Waals surface area contributed by atoms with E-state index in [0.717, 1.165) is 17.7 Å². The lowest BCUT2D eigenvalue weighted by atomic mass is 9.73. The van der Waals surface area contributed by atoms with Gasteiger partial charge in [-0.05, 0) is 59.5 Å². The molecular formula is C35H62N2O4. The normalized spacial score (nSPS) is 25.1. The van der Waals surface area contributed by atoms with E-state index in [1.54, 1.807) is 25.8 Å². The first kappa shape index (κ1) is 40.8. The van der Waals surface area contributed by atoms with Gasteiger partial charge < -0.3 is 10.0 Å². The van der Waals surface area contributed by atoms with Crippen LogP contribution in [0.25, 0.3) is 0 Å². The Morgan fingerprint density at radius 1 is 1.10 bits per heavy atom. The molecule has 0 aromatic heterocycles. The maximum atomic E-state index is 12.9. The molecule has 0 aliphatic carbocycles. The summed E-state index contributed by atoms with van der Waals surface area (Å²) in [4.78, 5) is 43.7. The molecule has 41 heavy (non-hydrogen) atoms. The predicted octanol–water partition coefficient (Wildman–Crippen LogP) is 8.30. The summed E-state index contributed by atoms with van der Waals surface area (Å²) in [5, 5.41) is 10.5. The van der Waals surface area contributed by atoms with Crippen molar-refractivity contribution in [3.8, 4) is 0 Å². The molecule has 1 N–H and O–H groups in total. The fraction of sp³-hybridized carbons (Fsp3) is 0.714. The summed E-state index contributed by atoms with van der Waals surface area (Å²) >= 11 is 0. The molecule has 6 nitrogen and oxygen atoms in total. The zero-order valence-electron chi connectivity index (χ0n) is 28.5. The zero-order chi connectivity index (χ0) is 32.2. The highest BCUT2D eigenvalue weighted by Gasteiger charge is 2.40. The minimum Gasteiger partial charge on any atom is -0.392 e. The molecule has 0 spiro atoms. The number of rotatable bonds is 4. The Kier molecular flexibility index (Phi) is 22.2. The first-order chi connectivity index (χ1) is 19.1.